The molecule has 1 aromatic carbocycles. The molecular weight excluding hydrogens is 367 g/mol. The first-order valence-electron chi connectivity index (χ1n) is 8.85. The lowest BCUT2D eigenvalue weighted by Crippen LogP contribution is -2.42. The summed E-state index contributed by atoms with van der Waals surface area (Å²) in [5.41, 5.74) is 3.02. The molecule has 1 atom stereocenters. The summed E-state index contributed by atoms with van der Waals surface area (Å²) in [5, 5.41) is 3.37. The van der Waals surface area contributed by atoms with E-state index in [0.717, 1.165) is 34.5 Å². The maximum absolute atomic E-state index is 13.5. The number of nitrogens with one attached hydrogen (secondary N) is 1. The molecule has 27 heavy (non-hydrogen) atoms. The highest BCUT2D eigenvalue weighted by atomic mass is 32.1. The Morgan fingerprint density at radius 3 is 2.81 bits per heavy atom. The van der Waals surface area contributed by atoms with Crippen molar-refractivity contribution in [3.05, 3.63) is 45.6 Å². The quantitative estimate of drug-likeness (QED) is 0.800. The summed E-state index contributed by atoms with van der Waals surface area (Å²) in [5.74, 6) is -0.940. The number of carbonyl (C=O) groups excluding carboxylic acids is 2. The van der Waals surface area contributed by atoms with Gasteiger partial charge in [0.05, 0.1) is 19.2 Å². The van der Waals surface area contributed by atoms with Crippen molar-refractivity contribution in [1.29, 1.82) is 0 Å². The number of fused-ring (bicyclic) bond motifs is 1. The summed E-state index contributed by atoms with van der Waals surface area (Å²) >= 11 is 1.36. The van der Waals surface area contributed by atoms with E-state index in [1.165, 1.54) is 30.6 Å². The van der Waals surface area contributed by atoms with E-state index in [0.29, 0.717) is 10.6 Å². The highest BCUT2D eigenvalue weighted by Crippen LogP contribution is 2.34. The van der Waals surface area contributed by atoms with E-state index in [1.54, 1.807) is 6.07 Å². The third-order valence-corrected chi connectivity index (χ3v) is 6.18. The lowest BCUT2D eigenvalue weighted by molar-refractivity contribution is -0.115. The SMILES string of the molecule is COC(=O)c1c(NC(=O)CN2c3ccc(F)cc3CCC2C)sc(C)c1C. The average Bonchev–Trinajstić information content (AvgIpc) is 2.90. The summed E-state index contributed by atoms with van der Waals surface area (Å²) in [6.45, 7) is 5.93. The highest BCUT2D eigenvalue weighted by Gasteiger charge is 2.27. The van der Waals surface area contributed by atoms with Gasteiger partial charge in [0.2, 0.25) is 5.91 Å². The van der Waals surface area contributed by atoms with Gasteiger partial charge in [-0.1, -0.05) is 0 Å². The number of ether oxygens (including phenoxy) is 1. The normalized spacial score (nSPS) is 16.0. The maximum Gasteiger partial charge on any atom is 0.341 e. The van der Waals surface area contributed by atoms with Gasteiger partial charge in [-0.3, -0.25) is 4.79 Å². The molecule has 2 heterocycles. The monoisotopic (exact) mass is 390 g/mol. The van der Waals surface area contributed by atoms with Gasteiger partial charge in [0.15, 0.2) is 0 Å². The Morgan fingerprint density at radius 2 is 2.11 bits per heavy atom. The van der Waals surface area contributed by atoms with Gasteiger partial charge in [-0.25, -0.2) is 9.18 Å². The number of hydrogen-bond acceptors (Lipinski definition) is 5. The third kappa shape index (κ3) is 3.83. The minimum Gasteiger partial charge on any atom is -0.465 e. The van der Waals surface area contributed by atoms with Crippen LogP contribution in [0.3, 0.4) is 0 Å². The van der Waals surface area contributed by atoms with Crippen molar-refractivity contribution in [1.82, 2.24) is 0 Å². The third-order valence-electron chi connectivity index (χ3n) is 5.06. The second-order valence-corrected chi connectivity index (χ2v) is 8.04. The van der Waals surface area contributed by atoms with Crippen molar-refractivity contribution >= 4 is 33.9 Å². The van der Waals surface area contributed by atoms with Crippen LogP contribution in [0.5, 0.6) is 0 Å². The van der Waals surface area contributed by atoms with Crippen molar-refractivity contribution in [3.8, 4) is 0 Å². The lowest BCUT2D eigenvalue weighted by Gasteiger charge is -2.36. The number of hydrogen-bond donors (Lipinski definition) is 1. The summed E-state index contributed by atoms with van der Waals surface area (Å²) in [6, 6.07) is 4.85. The van der Waals surface area contributed by atoms with E-state index < -0.39 is 5.97 Å². The van der Waals surface area contributed by atoms with Gasteiger partial charge >= 0.3 is 5.97 Å². The number of benzene rings is 1. The van der Waals surface area contributed by atoms with E-state index in [-0.39, 0.29) is 24.3 Å². The molecule has 1 unspecified atom stereocenters. The van der Waals surface area contributed by atoms with Crippen LogP contribution in [0.25, 0.3) is 0 Å². The van der Waals surface area contributed by atoms with E-state index in [9.17, 15) is 14.0 Å². The molecule has 0 saturated heterocycles. The molecule has 0 aliphatic carbocycles. The highest BCUT2D eigenvalue weighted by molar-refractivity contribution is 7.16. The Labute approximate surface area is 162 Å². The van der Waals surface area contributed by atoms with Crippen LogP contribution in [-0.4, -0.2) is 31.6 Å². The molecule has 0 fully saturated rings. The van der Waals surface area contributed by atoms with Gasteiger partial charge in [0, 0.05) is 16.6 Å². The molecule has 1 aliphatic heterocycles. The maximum atomic E-state index is 13.5. The van der Waals surface area contributed by atoms with Crippen LogP contribution >= 0.6 is 11.3 Å². The number of nitrogens with zero attached hydrogens (tertiary/aromatic N) is 1. The van der Waals surface area contributed by atoms with Gasteiger partial charge in [0.1, 0.15) is 10.8 Å². The number of amides is 1. The first-order valence-corrected chi connectivity index (χ1v) is 9.66. The van der Waals surface area contributed by atoms with E-state index >= 15 is 0 Å². The molecule has 0 spiro atoms. The van der Waals surface area contributed by atoms with Crippen molar-refractivity contribution in [3.63, 3.8) is 0 Å². The standard InChI is InChI=1S/C20H23FN2O3S/c1-11-5-6-14-9-15(21)7-8-16(14)23(11)10-17(24)22-19-18(20(25)26-4)12(2)13(3)27-19/h7-9,11H,5-6,10H2,1-4H3,(H,22,24). The van der Waals surface area contributed by atoms with Crippen molar-refractivity contribution in [2.24, 2.45) is 0 Å². The molecule has 1 amide bonds. The number of thiophene rings is 1. The van der Waals surface area contributed by atoms with Gasteiger partial charge in [-0.15, -0.1) is 11.3 Å². The zero-order valence-corrected chi connectivity index (χ0v) is 16.7. The fraction of sp³-hybridized carbons (Fsp3) is 0.400. The van der Waals surface area contributed by atoms with Crippen molar-refractivity contribution in [2.75, 3.05) is 23.9 Å². The molecule has 0 bridgehead atoms. The zero-order valence-electron chi connectivity index (χ0n) is 15.9. The number of anilines is 2. The molecule has 0 saturated carbocycles. The molecule has 7 heteroatoms. The number of methoxy groups -OCH3 is 1. The summed E-state index contributed by atoms with van der Waals surface area (Å²) in [6.07, 6.45) is 1.65. The topological polar surface area (TPSA) is 58.6 Å². The average molecular weight is 390 g/mol. The van der Waals surface area contributed by atoms with E-state index in [1.807, 2.05) is 18.7 Å². The van der Waals surface area contributed by atoms with Gasteiger partial charge < -0.3 is 15.0 Å². The second-order valence-electron chi connectivity index (χ2n) is 6.82. The minimum atomic E-state index is -0.459. The number of esters is 1. The molecule has 144 valence electrons. The molecule has 0 radical (unpaired) electrons. The molecule has 1 aromatic heterocycles. The van der Waals surface area contributed by atoms with Crippen LogP contribution in [0.4, 0.5) is 15.1 Å². The van der Waals surface area contributed by atoms with Crippen LogP contribution in [0.2, 0.25) is 0 Å². The molecular formula is C20H23FN2O3S. The second kappa shape index (κ2) is 7.68. The summed E-state index contributed by atoms with van der Waals surface area (Å²) in [4.78, 5) is 27.7. The Morgan fingerprint density at radius 1 is 1.37 bits per heavy atom. The van der Waals surface area contributed by atoms with Crippen LogP contribution in [0.15, 0.2) is 18.2 Å². The molecule has 3 rings (SSSR count). The Hall–Kier alpha value is -2.41. The minimum absolute atomic E-state index is 0.135. The number of carbonyl (C=O) groups is 2. The first kappa shape index (κ1) is 19.4. The smallest absolute Gasteiger partial charge is 0.341 e. The van der Waals surface area contributed by atoms with Crippen LogP contribution in [0, 0.1) is 19.7 Å². The first-order chi connectivity index (χ1) is 12.8. The van der Waals surface area contributed by atoms with Crippen LogP contribution in [0.1, 0.15) is 39.7 Å². The number of halogens is 1. The lowest BCUT2D eigenvalue weighted by atomic mass is 9.96. The van der Waals surface area contributed by atoms with Gasteiger partial charge in [0.25, 0.3) is 0 Å². The van der Waals surface area contributed by atoms with E-state index in [4.69, 9.17) is 4.74 Å². The molecule has 2 aromatic rings. The Balaban J connectivity index is 1.81. The van der Waals surface area contributed by atoms with Crippen LogP contribution < -0.4 is 10.2 Å². The fourth-order valence-electron chi connectivity index (χ4n) is 3.42. The predicted octanol–water partition coefficient (Wildman–Crippen LogP) is 4.07. The van der Waals surface area contributed by atoms with E-state index in [2.05, 4.69) is 12.2 Å². The molecule has 5 nitrogen and oxygen atoms in total. The Bertz CT molecular complexity index is 894. The largest absolute Gasteiger partial charge is 0.465 e. The Kier molecular flexibility index (Phi) is 5.51. The number of aryl methyl sites for hydroxylation is 2. The van der Waals surface area contributed by atoms with Gasteiger partial charge in [-0.05, 0) is 62.9 Å². The van der Waals surface area contributed by atoms with Crippen molar-refractivity contribution < 1.29 is 18.7 Å². The molecule has 1 N–H and O–H groups in total. The molecule has 1 aliphatic rings. The van der Waals surface area contributed by atoms with Crippen molar-refractivity contribution in [2.45, 2.75) is 39.7 Å². The summed E-state index contributed by atoms with van der Waals surface area (Å²) < 4.78 is 18.4. The zero-order chi connectivity index (χ0) is 19.7. The number of rotatable bonds is 4. The van der Waals surface area contributed by atoms with Gasteiger partial charge in [-0.2, -0.15) is 0 Å². The summed E-state index contributed by atoms with van der Waals surface area (Å²) in [7, 11) is 1.33. The van der Waals surface area contributed by atoms with Crippen LogP contribution in [-0.2, 0) is 16.0 Å². The predicted molar refractivity (Wildman–Crippen MR) is 105 cm³/mol. The fourth-order valence-corrected chi connectivity index (χ4v) is 4.48.